The van der Waals surface area contributed by atoms with Crippen molar-refractivity contribution in [1.29, 1.82) is 0 Å². The Bertz CT molecular complexity index is 367. The van der Waals surface area contributed by atoms with Gasteiger partial charge in [0.15, 0.2) is 5.78 Å². The molecule has 1 fully saturated rings. The number of ether oxygens (including phenoxy) is 1. The Balaban J connectivity index is 2.22. The van der Waals surface area contributed by atoms with Crippen molar-refractivity contribution in [1.82, 2.24) is 14.9 Å². The average molecular weight is 209 g/mol. The number of aromatic nitrogens is 2. The van der Waals surface area contributed by atoms with Crippen LogP contribution in [0.1, 0.15) is 29.3 Å². The van der Waals surface area contributed by atoms with Crippen LogP contribution < -0.4 is 5.32 Å². The Morgan fingerprint density at radius 2 is 2.53 bits per heavy atom. The predicted molar refractivity (Wildman–Crippen MR) is 54.8 cm³/mol. The number of imidazole rings is 1. The van der Waals surface area contributed by atoms with E-state index in [1.54, 1.807) is 6.20 Å². The summed E-state index contributed by atoms with van der Waals surface area (Å²) in [5, 5.41) is 3.24. The molecule has 1 saturated heterocycles. The third-order valence-corrected chi connectivity index (χ3v) is 2.49. The van der Waals surface area contributed by atoms with Gasteiger partial charge >= 0.3 is 0 Å². The molecular formula is C10H15N3O2. The topological polar surface area (TPSA) is 56.2 Å². The molecule has 15 heavy (non-hydrogen) atoms. The Hall–Kier alpha value is -1.20. The normalized spacial score (nSPS) is 21.6. The lowest BCUT2D eigenvalue weighted by Gasteiger charge is -2.22. The molecule has 0 spiro atoms. The van der Waals surface area contributed by atoms with E-state index in [0.717, 1.165) is 18.9 Å². The highest BCUT2D eigenvalue weighted by molar-refractivity contribution is 5.91. The van der Waals surface area contributed by atoms with Crippen LogP contribution in [0.4, 0.5) is 0 Å². The fourth-order valence-electron chi connectivity index (χ4n) is 1.68. The number of ketones is 1. The van der Waals surface area contributed by atoms with Crippen molar-refractivity contribution < 1.29 is 9.53 Å². The van der Waals surface area contributed by atoms with E-state index < -0.39 is 0 Å². The number of carbonyl (C=O) groups excluding carboxylic acids is 1. The lowest BCUT2D eigenvalue weighted by Crippen LogP contribution is -2.34. The third kappa shape index (κ3) is 2.08. The fourth-order valence-corrected chi connectivity index (χ4v) is 1.68. The summed E-state index contributed by atoms with van der Waals surface area (Å²) in [7, 11) is 1.88. The molecule has 2 heterocycles. The monoisotopic (exact) mass is 209 g/mol. The van der Waals surface area contributed by atoms with E-state index >= 15 is 0 Å². The predicted octanol–water partition coefficient (Wildman–Crippen LogP) is 0.284. The lowest BCUT2D eigenvalue weighted by molar-refractivity contribution is 0.0205. The molecule has 5 heteroatoms. The number of carbonyl (C=O) groups is 1. The molecule has 0 saturated carbocycles. The number of hydrogen-bond acceptors (Lipinski definition) is 4. The van der Waals surface area contributed by atoms with E-state index in [4.69, 9.17) is 4.74 Å². The van der Waals surface area contributed by atoms with Gasteiger partial charge in [0.05, 0.1) is 6.61 Å². The molecule has 0 aromatic carbocycles. The van der Waals surface area contributed by atoms with Gasteiger partial charge in [-0.3, -0.25) is 4.79 Å². The first-order chi connectivity index (χ1) is 7.18. The van der Waals surface area contributed by atoms with E-state index in [9.17, 15) is 4.79 Å². The molecular weight excluding hydrogens is 194 g/mol. The summed E-state index contributed by atoms with van der Waals surface area (Å²) in [6.07, 6.45) is 1.70. The Kier molecular flexibility index (Phi) is 2.83. The molecule has 1 aliphatic rings. The second kappa shape index (κ2) is 4.12. The van der Waals surface area contributed by atoms with Gasteiger partial charge in [-0.05, 0) is 0 Å². The quantitative estimate of drug-likeness (QED) is 0.711. The maximum Gasteiger partial charge on any atom is 0.179 e. The zero-order valence-corrected chi connectivity index (χ0v) is 8.99. The minimum atomic E-state index is -0.0446. The van der Waals surface area contributed by atoms with Crippen molar-refractivity contribution in [2.75, 3.05) is 19.7 Å². The van der Waals surface area contributed by atoms with Gasteiger partial charge in [-0.1, -0.05) is 0 Å². The summed E-state index contributed by atoms with van der Waals surface area (Å²) in [6.45, 7) is 3.84. The summed E-state index contributed by atoms with van der Waals surface area (Å²) < 4.78 is 7.44. The van der Waals surface area contributed by atoms with Crippen molar-refractivity contribution in [3.05, 3.63) is 17.7 Å². The molecule has 5 nitrogen and oxygen atoms in total. The zero-order chi connectivity index (χ0) is 10.8. The van der Waals surface area contributed by atoms with E-state index in [2.05, 4.69) is 10.3 Å². The number of morpholine rings is 1. The van der Waals surface area contributed by atoms with Gasteiger partial charge < -0.3 is 14.6 Å². The number of Topliss-reactive ketones (excluding diaryl/α,β-unsaturated/α-hetero) is 1. The minimum absolute atomic E-state index is 0.0133. The molecule has 0 radical (unpaired) electrons. The molecule has 82 valence electrons. The number of nitrogens with one attached hydrogen (secondary N) is 1. The van der Waals surface area contributed by atoms with Crippen LogP contribution >= 0.6 is 0 Å². The van der Waals surface area contributed by atoms with Crippen LogP contribution in [0.2, 0.25) is 0 Å². The van der Waals surface area contributed by atoms with Crippen LogP contribution in [0.25, 0.3) is 0 Å². The average Bonchev–Trinajstić information content (AvgIpc) is 2.62. The van der Waals surface area contributed by atoms with Gasteiger partial charge in [-0.15, -0.1) is 0 Å². The van der Waals surface area contributed by atoms with Gasteiger partial charge in [0.2, 0.25) is 0 Å². The Labute approximate surface area is 88.4 Å². The maximum absolute atomic E-state index is 11.2. The highest BCUT2D eigenvalue weighted by atomic mass is 16.5. The fraction of sp³-hybridized carbons (Fsp3) is 0.600. The number of aryl methyl sites for hydroxylation is 1. The van der Waals surface area contributed by atoms with E-state index in [1.807, 2.05) is 11.6 Å². The minimum Gasteiger partial charge on any atom is -0.368 e. The van der Waals surface area contributed by atoms with Gasteiger partial charge in [-0.25, -0.2) is 4.98 Å². The van der Waals surface area contributed by atoms with Crippen molar-refractivity contribution >= 4 is 5.78 Å². The van der Waals surface area contributed by atoms with Crippen molar-refractivity contribution in [3.63, 3.8) is 0 Å². The Morgan fingerprint density at radius 1 is 1.73 bits per heavy atom. The first kappa shape index (κ1) is 10.3. The number of rotatable bonds is 2. The summed E-state index contributed by atoms with van der Waals surface area (Å²) in [5.41, 5.74) is 0.502. The zero-order valence-electron chi connectivity index (χ0n) is 8.99. The second-order valence-corrected chi connectivity index (χ2v) is 3.71. The molecule has 1 atom stereocenters. The molecule has 1 unspecified atom stereocenters. The van der Waals surface area contributed by atoms with Gasteiger partial charge in [0.1, 0.15) is 17.6 Å². The van der Waals surface area contributed by atoms with Crippen molar-refractivity contribution in [2.45, 2.75) is 13.0 Å². The molecule has 1 N–H and O–H groups in total. The molecule has 0 aliphatic carbocycles. The molecule has 0 bridgehead atoms. The molecule has 1 aliphatic heterocycles. The second-order valence-electron chi connectivity index (χ2n) is 3.71. The maximum atomic E-state index is 11.2. The summed E-state index contributed by atoms with van der Waals surface area (Å²) in [5.74, 6) is 0.799. The third-order valence-electron chi connectivity index (χ3n) is 2.49. The summed E-state index contributed by atoms with van der Waals surface area (Å²) in [6, 6.07) is 0. The SMILES string of the molecule is CC(=O)c1cn(C)c(C2CNCCO2)n1. The van der Waals surface area contributed by atoms with Crippen LogP contribution in [0.3, 0.4) is 0 Å². The molecule has 1 aromatic rings. The molecule has 1 aromatic heterocycles. The molecule has 2 rings (SSSR count). The smallest absolute Gasteiger partial charge is 0.179 e. The van der Waals surface area contributed by atoms with Crippen molar-refractivity contribution in [3.8, 4) is 0 Å². The van der Waals surface area contributed by atoms with Crippen LogP contribution in [0, 0.1) is 0 Å². The van der Waals surface area contributed by atoms with Crippen LogP contribution in [0.15, 0.2) is 6.20 Å². The summed E-state index contributed by atoms with van der Waals surface area (Å²) in [4.78, 5) is 15.4. The largest absolute Gasteiger partial charge is 0.368 e. The van der Waals surface area contributed by atoms with Crippen LogP contribution in [-0.4, -0.2) is 35.0 Å². The number of nitrogens with zero attached hydrogens (tertiary/aromatic N) is 2. The highest BCUT2D eigenvalue weighted by Gasteiger charge is 2.21. The van der Waals surface area contributed by atoms with Gasteiger partial charge in [-0.2, -0.15) is 0 Å². The number of hydrogen-bond donors (Lipinski definition) is 1. The molecule has 0 amide bonds. The summed E-state index contributed by atoms with van der Waals surface area (Å²) >= 11 is 0. The highest BCUT2D eigenvalue weighted by Crippen LogP contribution is 2.17. The van der Waals surface area contributed by atoms with Crippen molar-refractivity contribution in [2.24, 2.45) is 7.05 Å². The van der Waals surface area contributed by atoms with Crippen LogP contribution in [0.5, 0.6) is 0 Å². The van der Waals surface area contributed by atoms with E-state index in [0.29, 0.717) is 12.3 Å². The first-order valence-corrected chi connectivity index (χ1v) is 5.05. The Morgan fingerprint density at radius 3 is 3.07 bits per heavy atom. The van der Waals surface area contributed by atoms with Gasteiger partial charge in [0.25, 0.3) is 0 Å². The van der Waals surface area contributed by atoms with Gasteiger partial charge in [0, 0.05) is 33.3 Å². The first-order valence-electron chi connectivity index (χ1n) is 5.05. The lowest BCUT2D eigenvalue weighted by atomic mass is 10.3. The van der Waals surface area contributed by atoms with E-state index in [1.165, 1.54) is 6.92 Å². The van der Waals surface area contributed by atoms with Crippen LogP contribution in [-0.2, 0) is 11.8 Å². The van der Waals surface area contributed by atoms with E-state index in [-0.39, 0.29) is 11.9 Å². The standard InChI is InChI=1S/C10H15N3O2/c1-7(14)8-6-13(2)10(12-8)9-5-11-3-4-15-9/h6,9,11H,3-5H2,1-2H3.